The lowest BCUT2D eigenvalue weighted by molar-refractivity contribution is 0.240. The molecule has 0 heterocycles. The lowest BCUT2D eigenvalue weighted by Crippen LogP contribution is -2.35. The Morgan fingerprint density at radius 1 is 1.19 bits per heavy atom. The zero-order chi connectivity index (χ0) is 12.0. The second kappa shape index (κ2) is 5.65. The highest BCUT2D eigenvalue weighted by molar-refractivity contribution is 7.51. The van der Waals surface area contributed by atoms with E-state index in [1.54, 1.807) is 0 Å². The van der Waals surface area contributed by atoms with Gasteiger partial charge >= 0.3 is 13.6 Å². The molecule has 4 N–H and O–H groups in total. The van der Waals surface area contributed by atoms with Gasteiger partial charge in [0.1, 0.15) is 6.29 Å². The Labute approximate surface area is 92.8 Å². The molecule has 0 bridgehead atoms. The fourth-order valence-corrected chi connectivity index (χ4v) is 1.37. The molecule has 0 saturated carbocycles. The van der Waals surface area contributed by atoms with Crippen LogP contribution in [0.3, 0.4) is 0 Å². The number of benzene rings is 1. The number of urea groups is 1. The van der Waals surface area contributed by atoms with Crippen molar-refractivity contribution in [3.8, 4) is 0 Å². The van der Waals surface area contributed by atoms with E-state index in [9.17, 15) is 9.36 Å². The Morgan fingerprint density at radius 3 is 2.38 bits per heavy atom. The van der Waals surface area contributed by atoms with Gasteiger partial charge in [0.2, 0.25) is 0 Å². The first-order valence-corrected chi connectivity index (χ1v) is 6.37. The average Bonchev–Trinajstić information content (AvgIpc) is 2.24. The minimum absolute atomic E-state index is 0.313. The molecule has 16 heavy (non-hydrogen) atoms. The molecule has 0 unspecified atom stereocenters. The van der Waals surface area contributed by atoms with Gasteiger partial charge in [-0.1, -0.05) is 30.3 Å². The molecule has 0 aliphatic carbocycles. The smallest absolute Gasteiger partial charge is 0.334 e. The fraction of sp³-hybridized carbons (Fsp3) is 0.222. The summed E-state index contributed by atoms with van der Waals surface area (Å²) in [4.78, 5) is 28.1. The summed E-state index contributed by atoms with van der Waals surface area (Å²) in [6.07, 6.45) is -0.659. The molecule has 1 aromatic carbocycles. The minimum Gasteiger partial charge on any atom is -0.334 e. The van der Waals surface area contributed by atoms with Gasteiger partial charge in [-0.05, 0) is 5.56 Å². The van der Waals surface area contributed by atoms with Crippen molar-refractivity contribution in [2.45, 2.75) is 6.54 Å². The normalized spacial score (nSPS) is 10.9. The van der Waals surface area contributed by atoms with Crippen molar-refractivity contribution < 1.29 is 19.1 Å². The van der Waals surface area contributed by atoms with Crippen molar-refractivity contribution in [3.63, 3.8) is 0 Å². The van der Waals surface area contributed by atoms with E-state index < -0.39 is 19.9 Å². The number of carbonyl (C=O) groups is 1. The zero-order valence-electron chi connectivity index (χ0n) is 8.46. The van der Waals surface area contributed by atoms with Gasteiger partial charge in [0, 0.05) is 6.54 Å². The van der Waals surface area contributed by atoms with Crippen molar-refractivity contribution in [1.82, 2.24) is 10.6 Å². The number of amides is 2. The van der Waals surface area contributed by atoms with Crippen LogP contribution in [0.4, 0.5) is 4.79 Å². The Kier molecular flexibility index (Phi) is 4.49. The maximum Gasteiger partial charge on any atom is 0.344 e. The number of hydrogen-bond acceptors (Lipinski definition) is 2. The SMILES string of the molecule is O=C(NCc1ccccc1)NCP(=O)(O)O. The van der Waals surface area contributed by atoms with Crippen LogP contribution in [0.1, 0.15) is 5.56 Å². The quantitative estimate of drug-likeness (QED) is 0.583. The monoisotopic (exact) mass is 244 g/mol. The molecule has 1 rings (SSSR count). The molecule has 2 amide bonds. The maximum absolute atomic E-state index is 11.1. The summed E-state index contributed by atoms with van der Waals surface area (Å²) < 4.78 is 10.5. The van der Waals surface area contributed by atoms with Gasteiger partial charge in [-0.2, -0.15) is 0 Å². The van der Waals surface area contributed by atoms with E-state index >= 15 is 0 Å². The van der Waals surface area contributed by atoms with Crippen LogP contribution in [0.15, 0.2) is 30.3 Å². The van der Waals surface area contributed by atoms with Crippen LogP contribution in [0.5, 0.6) is 0 Å². The van der Waals surface area contributed by atoms with Gasteiger partial charge in [-0.15, -0.1) is 0 Å². The number of rotatable bonds is 4. The highest BCUT2D eigenvalue weighted by atomic mass is 31.2. The predicted molar refractivity (Wildman–Crippen MR) is 58.7 cm³/mol. The molecule has 88 valence electrons. The van der Waals surface area contributed by atoms with E-state index in [1.807, 2.05) is 30.3 Å². The predicted octanol–water partition coefficient (Wildman–Crippen LogP) is 0.621. The molecule has 7 heteroatoms. The summed E-state index contributed by atoms with van der Waals surface area (Å²) in [6.45, 7) is 0.313. The topological polar surface area (TPSA) is 98.7 Å². The third-order valence-corrected chi connectivity index (χ3v) is 2.31. The van der Waals surface area contributed by atoms with E-state index in [1.165, 1.54) is 0 Å². The van der Waals surface area contributed by atoms with Crippen molar-refractivity contribution in [1.29, 1.82) is 0 Å². The molecule has 0 aliphatic rings. The van der Waals surface area contributed by atoms with E-state index in [4.69, 9.17) is 9.79 Å². The lowest BCUT2D eigenvalue weighted by Gasteiger charge is -2.08. The summed E-state index contributed by atoms with van der Waals surface area (Å²) in [6, 6.07) is 8.60. The van der Waals surface area contributed by atoms with Crippen LogP contribution in [0, 0.1) is 0 Å². The summed E-state index contributed by atoms with van der Waals surface area (Å²) in [7, 11) is -4.19. The third kappa shape index (κ3) is 5.50. The molecule has 1 aromatic rings. The Hall–Kier alpha value is -1.36. The Balaban J connectivity index is 2.29. The van der Waals surface area contributed by atoms with Crippen LogP contribution < -0.4 is 10.6 Å². The number of carbonyl (C=O) groups excluding carboxylic acids is 1. The highest BCUT2D eigenvalue weighted by Crippen LogP contribution is 2.31. The van der Waals surface area contributed by atoms with Gasteiger partial charge in [-0.25, -0.2) is 4.79 Å². The summed E-state index contributed by atoms with van der Waals surface area (Å²) in [5, 5.41) is 4.56. The van der Waals surface area contributed by atoms with Crippen molar-refractivity contribution >= 4 is 13.6 Å². The molecule has 6 nitrogen and oxygen atoms in total. The van der Waals surface area contributed by atoms with Crippen LogP contribution in [-0.4, -0.2) is 22.1 Å². The molecule has 0 aliphatic heterocycles. The zero-order valence-corrected chi connectivity index (χ0v) is 9.35. The van der Waals surface area contributed by atoms with E-state index in [0.29, 0.717) is 6.54 Å². The second-order valence-electron chi connectivity index (χ2n) is 3.17. The first-order valence-electron chi connectivity index (χ1n) is 4.57. The van der Waals surface area contributed by atoms with Gasteiger partial charge in [0.15, 0.2) is 0 Å². The molecule has 0 fully saturated rings. The van der Waals surface area contributed by atoms with E-state index in [2.05, 4.69) is 10.6 Å². The molecule has 0 aromatic heterocycles. The Bertz CT molecular complexity index is 390. The number of hydrogen-bond donors (Lipinski definition) is 4. The largest absolute Gasteiger partial charge is 0.344 e. The van der Waals surface area contributed by atoms with Crippen molar-refractivity contribution in [2.24, 2.45) is 0 Å². The molecule has 0 saturated heterocycles. The molecular formula is C9H13N2O4P. The second-order valence-corrected chi connectivity index (χ2v) is 4.81. The molecule has 0 radical (unpaired) electrons. The standard InChI is InChI=1S/C9H13N2O4P/c12-9(11-7-16(13,14)15)10-6-8-4-2-1-3-5-8/h1-5H,6-7H2,(H2,10,11,12)(H2,13,14,15). The van der Waals surface area contributed by atoms with Gasteiger partial charge in [0.25, 0.3) is 0 Å². The summed E-state index contributed by atoms with van der Waals surface area (Å²) >= 11 is 0. The van der Waals surface area contributed by atoms with Gasteiger partial charge < -0.3 is 20.4 Å². The van der Waals surface area contributed by atoms with Crippen molar-refractivity contribution in [2.75, 3.05) is 6.29 Å². The van der Waals surface area contributed by atoms with Crippen LogP contribution >= 0.6 is 7.60 Å². The van der Waals surface area contributed by atoms with E-state index in [0.717, 1.165) is 5.56 Å². The average molecular weight is 244 g/mol. The number of nitrogens with one attached hydrogen (secondary N) is 2. The van der Waals surface area contributed by atoms with Crippen molar-refractivity contribution in [3.05, 3.63) is 35.9 Å². The first kappa shape index (κ1) is 12.7. The highest BCUT2D eigenvalue weighted by Gasteiger charge is 2.13. The summed E-state index contributed by atoms with van der Waals surface area (Å²) in [5.41, 5.74) is 0.911. The molecule has 0 atom stereocenters. The van der Waals surface area contributed by atoms with Gasteiger partial charge in [0.05, 0.1) is 0 Å². The first-order chi connectivity index (χ1) is 7.47. The van der Waals surface area contributed by atoms with Crippen LogP contribution in [-0.2, 0) is 11.1 Å². The van der Waals surface area contributed by atoms with E-state index in [-0.39, 0.29) is 0 Å². The third-order valence-electron chi connectivity index (χ3n) is 1.74. The fourth-order valence-electron chi connectivity index (χ4n) is 1.02. The molecule has 0 spiro atoms. The van der Waals surface area contributed by atoms with Crippen LogP contribution in [0.2, 0.25) is 0 Å². The molecular weight excluding hydrogens is 231 g/mol. The van der Waals surface area contributed by atoms with Gasteiger partial charge in [-0.3, -0.25) is 4.57 Å². The summed E-state index contributed by atoms with van der Waals surface area (Å²) in [5.74, 6) is 0. The minimum atomic E-state index is -4.19. The van der Waals surface area contributed by atoms with Crippen LogP contribution in [0.25, 0.3) is 0 Å². The Morgan fingerprint density at radius 2 is 1.81 bits per heavy atom. The maximum atomic E-state index is 11.1. The lowest BCUT2D eigenvalue weighted by atomic mass is 10.2.